The summed E-state index contributed by atoms with van der Waals surface area (Å²) in [5.41, 5.74) is 0.580. The molecule has 1 heterocycles. The molecule has 1 aliphatic heterocycles. The zero-order valence-corrected chi connectivity index (χ0v) is 13.9. The van der Waals surface area contributed by atoms with Gasteiger partial charge in [-0.15, -0.1) is 0 Å². The quantitative estimate of drug-likeness (QED) is 0.843. The van der Waals surface area contributed by atoms with E-state index in [1.165, 1.54) is 4.31 Å². The predicted octanol–water partition coefficient (Wildman–Crippen LogP) is 2.04. The molecule has 0 aliphatic carbocycles. The van der Waals surface area contributed by atoms with Gasteiger partial charge in [-0.3, -0.25) is 4.72 Å². The lowest BCUT2D eigenvalue weighted by Gasteiger charge is -2.31. The van der Waals surface area contributed by atoms with Crippen molar-refractivity contribution >= 4 is 31.8 Å². The molecule has 2 N–H and O–H groups in total. The van der Waals surface area contributed by atoms with Crippen LogP contribution in [-0.4, -0.2) is 39.4 Å². The minimum atomic E-state index is -3.45. The molecular formula is C13H20BrN3O2S. The molecule has 0 atom stereocenters. The van der Waals surface area contributed by atoms with Crippen molar-refractivity contribution in [1.29, 1.82) is 0 Å². The molecule has 0 radical (unpaired) electrons. The highest BCUT2D eigenvalue weighted by Crippen LogP contribution is 2.22. The Kier molecular flexibility index (Phi) is 5.42. The molecule has 1 fully saturated rings. The van der Waals surface area contributed by atoms with Crippen LogP contribution >= 0.6 is 15.9 Å². The third-order valence-electron chi connectivity index (χ3n) is 3.48. The highest BCUT2D eigenvalue weighted by Gasteiger charge is 2.27. The summed E-state index contributed by atoms with van der Waals surface area (Å²) in [7, 11) is -1.52. The average Bonchev–Trinajstić information content (AvgIpc) is 2.39. The number of rotatable bonds is 5. The van der Waals surface area contributed by atoms with E-state index in [-0.39, 0.29) is 0 Å². The van der Waals surface area contributed by atoms with Crippen LogP contribution in [0.1, 0.15) is 12.8 Å². The average molecular weight is 362 g/mol. The largest absolute Gasteiger partial charge is 0.319 e. The van der Waals surface area contributed by atoms with Gasteiger partial charge in [-0.1, -0.05) is 22.0 Å². The maximum Gasteiger partial charge on any atom is 0.301 e. The van der Waals surface area contributed by atoms with Gasteiger partial charge in [0.05, 0.1) is 5.69 Å². The van der Waals surface area contributed by atoms with Crippen molar-refractivity contribution in [2.75, 3.05) is 31.4 Å². The Bertz CT molecular complexity index is 542. The highest BCUT2D eigenvalue weighted by atomic mass is 79.9. The third kappa shape index (κ3) is 4.18. The van der Waals surface area contributed by atoms with Crippen molar-refractivity contribution < 1.29 is 8.42 Å². The first-order valence-electron chi connectivity index (χ1n) is 6.69. The van der Waals surface area contributed by atoms with Crippen molar-refractivity contribution in [3.8, 4) is 0 Å². The molecule has 0 saturated carbocycles. The van der Waals surface area contributed by atoms with Crippen molar-refractivity contribution in [1.82, 2.24) is 9.62 Å². The first kappa shape index (κ1) is 15.8. The van der Waals surface area contributed by atoms with Crippen LogP contribution in [0.3, 0.4) is 0 Å². The second-order valence-corrected chi connectivity index (χ2v) is 7.60. The molecule has 0 unspecified atom stereocenters. The number of hydrogen-bond donors (Lipinski definition) is 2. The molecule has 1 aromatic carbocycles. The molecule has 1 aromatic rings. The van der Waals surface area contributed by atoms with Gasteiger partial charge in [-0.25, -0.2) is 0 Å². The first-order valence-corrected chi connectivity index (χ1v) is 8.92. The fourth-order valence-corrected chi connectivity index (χ4v) is 4.05. The summed E-state index contributed by atoms with van der Waals surface area (Å²) in [5.74, 6) is 0.567. The number of piperidine rings is 1. The fourth-order valence-electron chi connectivity index (χ4n) is 2.41. The second-order valence-electron chi connectivity index (χ2n) is 5.02. The van der Waals surface area contributed by atoms with E-state index in [1.807, 2.05) is 13.1 Å². The Hall–Kier alpha value is -0.630. The Morgan fingerprint density at radius 2 is 2.05 bits per heavy atom. The maximum absolute atomic E-state index is 12.3. The molecule has 5 nitrogen and oxygen atoms in total. The maximum atomic E-state index is 12.3. The van der Waals surface area contributed by atoms with Gasteiger partial charge < -0.3 is 5.32 Å². The first-order chi connectivity index (χ1) is 9.51. The zero-order valence-electron chi connectivity index (χ0n) is 11.5. The van der Waals surface area contributed by atoms with Crippen molar-refractivity contribution in [3.63, 3.8) is 0 Å². The topological polar surface area (TPSA) is 61.4 Å². The Balaban J connectivity index is 1.98. The SMILES string of the molecule is CNCC1CCN(S(=O)(=O)Nc2cccc(Br)c2)CC1. The van der Waals surface area contributed by atoms with Crippen molar-refractivity contribution in [3.05, 3.63) is 28.7 Å². The summed E-state index contributed by atoms with van der Waals surface area (Å²) < 4.78 is 29.6. The van der Waals surface area contributed by atoms with E-state index in [9.17, 15) is 8.42 Å². The molecule has 1 aliphatic rings. The minimum Gasteiger partial charge on any atom is -0.319 e. The Morgan fingerprint density at radius 3 is 2.65 bits per heavy atom. The summed E-state index contributed by atoms with van der Waals surface area (Å²) in [4.78, 5) is 0. The number of anilines is 1. The molecule has 2 rings (SSSR count). The normalized spacial score (nSPS) is 18.1. The third-order valence-corrected chi connectivity index (χ3v) is 5.51. The monoisotopic (exact) mass is 361 g/mol. The fraction of sp³-hybridized carbons (Fsp3) is 0.538. The predicted molar refractivity (Wildman–Crippen MR) is 84.9 cm³/mol. The summed E-state index contributed by atoms with van der Waals surface area (Å²) >= 11 is 3.34. The van der Waals surface area contributed by atoms with Gasteiger partial charge in [-0.05, 0) is 50.6 Å². The van der Waals surface area contributed by atoms with E-state index < -0.39 is 10.2 Å². The number of hydrogen-bond acceptors (Lipinski definition) is 3. The minimum absolute atomic E-state index is 0.567. The smallest absolute Gasteiger partial charge is 0.301 e. The molecule has 0 amide bonds. The lowest BCUT2D eigenvalue weighted by Crippen LogP contribution is -2.43. The van der Waals surface area contributed by atoms with Crippen LogP contribution in [0.4, 0.5) is 5.69 Å². The Labute approximate surface area is 129 Å². The van der Waals surface area contributed by atoms with Crippen molar-refractivity contribution in [2.45, 2.75) is 12.8 Å². The van der Waals surface area contributed by atoms with Crippen LogP contribution in [0.15, 0.2) is 28.7 Å². The van der Waals surface area contributed by atoms with Crippen LogP contribution in [-0.2, 0) is 10.2 Å². The summed E-state index contributed by atoms with van der Waals surface area (Å²) in [5, 5.41) is 3.15. The molecule has 0 aromatic heterocycles. The van der Waals surface area contributed by atoms with Gasteiger partial charge in [0.2, 0.25) is 0 Å². The molecule has 20 heavy (non-hydrogen) atoms. The second kappa shape index (κ2) is 6.89. The number of benzene rings is 1. The Morgan fingerprint density at radius 1 is 1.35 bits per heavy atom. The summed E-state index contributed by atoms with van der Waals surface area (Å²) in [6.45, 7) is 2.11. The van der Waals surface area contributed by atoms with Crippen LogP contribution in [0.25, 0.3) is 0 Å². The molecular weight excluding hydrogens is 342 g/mol. The molecule has 1 saturated heterocycles. The van der Waals surface area contributed by atoms with Gasteiger partial charge in [0.25, 0.3) is 0 Å². The standard InChI is InChI=1S/C13H20BrN3O2S/c1-15-10-11-5-7-17(8-6-11)20(18,19)16-13-4-2-3-12(14)9-13/h2-4,9,11,15-16H,5-8,10H2,1H3. The molecule has 0 spiro atoms. The van der Waals surface area contributed by atoms with E-state index in [4.69, 9.17) is 0 Å². The van der Waals surface area contributed by atoms with E-state index in [0.29, 0.717) is 24.7 Å². The molecule has 112 valence electrons. The van der Waals surface area contributed by atoms with Gasteiger partial charge in [0.15, 0.2) is 0 Å². The van der Waals surface area contributed by atoms with Crippen LogP contribution in [0, 0.1) is 5.92 Å². The number of halogens is 1. The van der Waals surface area contributed by atoms with Gasteiger partial charge in [0, 0.05) is 17.6 Å². The zero-order chi connectivity index (χ0) is 14.6. The van der Waals surface area contributed by atoms with E-state index in [0.717, 1.165) is 23.9 Å². The lowest BCUT2D eigenvalue weighted by molar-refractivity contribution is 0.272. The number of nitrogens with zero attached hydrogens (tertiary/aromatic N) is 1. The van der Waals surface area contributed by atoms with Gasteiger partial charge in [-0.2, -0.15) is 12.7 Å². The van der Waals surface area contributed by atoms with Gasteiger partial charge in [0.1, 0.15) is 0 Å². The lowest BCUT2D eigenvalue weighted by atomic mass is 9.98. The molecule has 7 heteroatoms. The van der Waals surface area contributed by atoms with E-state index in [2.05, 4.69) is 26.0 Å². The molecule has 0 bridgehead atoms. The van der Waals surface area contributed by atoms with Crippen molar-refractivity contribution in [2.24, 2.45) is 5.92 Å². The number of nitrogens with one attached hydrogen (secondary N) is 2. The van der Waals surface area contributed by atoms with Gasteiger partial charge >= 0.3 is 10.2 Å². The highest BCUT2D eigenvalue weighted by molar-refractivity contribution is 9.10. The summed E-state index contributed by atoms with van der Waals surface area (Å²) in [6.07, 6.45) is 1.81. The van der Waals surface area contributed by atoms with Crippen LogP contribution < -0.4 is 10.0 Å². The van der Waals surface area contributed by atoms with Crippen LogP contribution in [0.2, 0.25) is 0 Å². The van der Waals surface area contributed by atoms with Crippen LogP contribution in [0.5, 0.6) is 0 Å². The summed E-state index contributed by atoms with van der Waals surface area (Å²) in [6, 6.07) is 7.17. The van der Waals surface area contributed by atoms with E-state index >= 15 is 0 Å². The van der Waals surface area contributed by atoms with E-state index in [1.54, 1.807) is 18.2 Å².